The Kier molecular flexibility index (Phi) is 7.74. The van der Waals surface area contributed by atoms with Gasteiger partial charge in [0.2, 0.25) is 5.91 Å². The molecule has 3 aromatic carbocycles. The van der Waals surface area contributed by atoms with Crippen molar-refractivity contribution >= 4 is 28.4 Å². The van der Waals surface area contributed by atoms with Crippen molar-refractivity contribution in [1.82, 2.24) is 14.5 Å². The van der Waals surface area contributed by atoms with Crippen molar-refractivity contribution in [2.75, 3.05) is 0 Å². The van der Waals surface area contributed by atoms with Crippen LogP contribution in [0.25, 0.3) is 10.9 Å². The third-order valence-electron chi connectivity index (χ3n) is 7.48. The smallest absolute Gasteiger partial charge is 0.331 e. The summed E-state index contributed by atoms with van der Waals surface area (Å²) in [5.74, 6) is -0.456. The fourth-order valence-electron chi connectivity index (χ4n) is 5.32. The van der Waals surface area contributed by atoms with Gasteiger partial charge in [-0.15, -0.1) is 0 Å². The molecule has 1 aromatic heterocycles. The number of carbonyl (C=O) groups excluding carboxylic acids is 1. The van der Waals surface area contributed by atoms with Crippen LogP contribution in [0, 0.1) is 17.7 Å². The average molecular weight is 534 g/mol. The van der Waals surface area contributed by atoms with Gasteiger partial charge >= 0.3 is 5.69 Å². The summed E-state index contributed by atoms with van der Waals surface area (Å²) in [6.07, 6.45) is 2.88. The Labute approximate surface area is 224 Å². The van der Waals surface area contributed by atoms with E-state index in [0.29, 0.717) is 30.3 Å². The van der Waals surface area contributed by atoms with Crippen LogP contribution < -0.4 is 16.6 Å². The number of nitrogens with one attached hydrogen (secondary N) is 1. The molecule has 4 aromatic rings. The number of benzene rings is 3. The minimum Gasteiger partial charge on any atom is -0.352 e. The molecule has 38 heavy (non-hydrogen) atoms. The first-order valence-corrected chi connectivity index (χ1v) is 13.3. The van der Waals surface area contributed by atoms with Crippen molar-refractivity contribution in [1.29, 1.82) is 0 Å². The quantitative estimate of drug-likeness (QED) is 0.358. The molecule has 5 rings (SSSR count). The van der Waals surface area contributed by atoms with E-state index in [4.69, 9.17) is 11.6 Å². The molecular formula is C30H29ClFN3O3. The van der Waals surface area contributed by atoms with E-state index in [1.54, 1.807) is 30.3 Å². The van der Waals surface area contributed by atoms with Crippen LogP contribution in [-0.2, 0) is 24.4 Å². The zero-order chi connectivity index (χ0) is 26.6. The van der Waals surface area contributed by atoms with Crippen LogP contribution >= 0.6 is 11.6 Å². The van der Waals surface area contributed by atoms with E-state index in [-0.39, 0.29) is 47.0 Å². The Morgan fingerprint density at radius 2 is 1.61 bits per heavy atom. The molecule has 1 amide bonds. The number of hydrogen-bond acceptors (Lipinski definition) is 3. The molecule has 0 saturated heterocycles. The van der Waals surface area contributed by atoms with E-state index < -0.39 is 11.5 Å². The summed E-state index contributed by atoms with van der Waals surface area (Å²) in [6.45, 7) is 0.670. The minimum atomic E-state index is -0.505. The molecule has 8 heteroatoms. The molecule has 0 atom stereocenters. The third-order valence-corrected chi connectivity index (χ3v) is 7.83. The highest BCUT2D eigenvalue weighted by atomic mass is 35.5. The van der Waals surface area contributed by atoms with Gasteiger partial charge in [-0.1, -0.05) is 60.1 Å². The zero-order valence-electron chi connectivity index (χ0n) is 20.9. The maximum atomic E-state index is 14.6. The van der Waals surface area contributed by atoms with Gasteiger partial charge < -0.3 is 5.32 Å². The lowest BCUT2D eigenvalue weighted by Gasteiger charge is -2.28. The first-order chi connectivity index (χ1) is 18.4. The Balaban J connectivity index is 1.34. The Hall–Kier alpha value is -3.71. The van der Waals surface area contributed by atoms with Gasteiger partial charge in [-0.05, 0) is 61.4 Å². The number of carbonyl (C=O) groups is 1. The fraction of sp³-hybridized carbons (Fsp3) is 0.300. The molecule has 1 N–H and O–H groups in total. The maximum Gasteiger partial charge on any atom is 0.331 e. The van der Waals surface area contributed by atoms with Gasteiger partial charge in [0.25, 0.3) is 5.56 Å². The molecule has 1 fully saturated rings. The van der Waals surface area contributed by atoms with Gasteiger partial charge in [-0.25, -0.2) is 9.18 Å². The van der Waals surface area contributed by atoms with Crippen molar-refractivity contribution in [3.05, 3.63) is 116 Å². The predicted molar refractivity (Wildman–Crippen MR) is 147 cm³/mol. The summed E-state index contributed by atoms with van der Waals surface area (Å²) in [5, 5.41) is 3.64. The average Bonchev–Trinajstić information content (AvgIpc) is 2.94. The van der Waals surface area contributed by atoms with Crippen molar-refractivity contribution in [3.63, 3.8) is 0 Å². The second-order valence-electron chi connectivity index (χ2n) is 9.92. The molecule has 1 aliphatic carbocycles. The monoisotopic (exact) mass is 533 g/mol. The molecule has 0 radical (unpaired) electrons. The highest BCUT2D eigenvalue weighted by Gasteiger charge is 2.27. The molecule has 0 spiro atoms. The number of halogens is 2. The summed E-state index contributed by atoms with van der Waals surface area (Å²) < 4.78 is 17.3. The van der Waals surface area contributed by atoms with Gasteiger partial charge in [-0.3, -0.25) is 18.7 Å². The van der Waals surface area contributed by atoms with Gasteiger partial charge in [-0.2, -0.15) is 0 Å². The summed E-state index contributed by atoms with van der Waals surface area (Å²) in [5.41, 5.74) is 0.851. The lowest BCUT2D eigenvalue weighted by atomic mass is 9.81. The molecular weight excluding hydrogens is 505 g/mol. The third kappa shape index (κ3) is 5.43. The van der Waals surface area contributed by atoms with E-state index in [0.717, 1.165) is 18.4 Å². The lowest BCUT2D eigenvalue weighted by Crippen LogP contribution is -2.42. The first-order valence-electron chi connectivity index (χ1n) is 12.9. The summed E-state index contributed by atoms with van der Waals surface area (Å²) >= 11 is 6.25. The van der Waals surface area contributed by atoms with Crippen molar-refractivity contribution in [3.8, 4) is 0 Å². The maximum absolute atomic E-state index is 14.6. The molecule has 6 nitrogen and oxygen atoms in total. The minimum absolute atomic E-state index is 0.0410. The largest absolute Gasteiger partial charge is 0.352 e. The van der Waals surface area contributed by atoms with Crippen molar-refractivity contribution in [2.24, 2.45) is 11.8 Å². The number of rotatable bonds is 7. The van der Waals surface area contributed by atoms with Crippen LogP contribution in [0.2, 0.25) is 5.02 Å². The Bertz CT molecular complexity index is 1550. The highest BCUT2D eigenvalue weighted by Crippen LogP contribution is 2.30. The van der Waals surface area contributed by atoms with E-state index in [9.17, 15) is 18.8 Å². The number of nitrogens with zero attached hydrogens (tertiary/aromatic N) is 2. The number of fused-ring (bicyclic) bond motifs is 1. The van der Waals surface area contributed by atoms with Crippen molar-refractivity contribution < 1.29 is 9.18 Å². The summed E-state index contributed by atoms with van der Waals surface area (Å²) in [6, 6.07) is 21.1. The van der Waals surface area contributed by atoms with Gasteiger partial charge in [0, 0.05) is 29.6 Å². The fourth-order valence-corrected chi connectivity index (χ4v) is 5.54. The van der Waals surface area contributed by atoms with Crippen LogP contribution in [0.3, 0.4) is 0 Å². The van der Waals surface area contributed by atoms with Gasteiger partial charge in [0.15, 0.2) is 0 Å². The van der Waals surface area contributed by atoms with Crippen LogP contribution in [0.15, 0.2) is 82.4 Å². The molecule has 0 bridgehead atoms. The molecule has 196 valence electrons. The van der Waals surface area contributed by atoms with E-state index >= 15 is 0 Å². The normalized spacial score (nSPS) is 17.4. The van der Waals surface area contributed by atoms with Crippen LogP contribution in [0.4, 0.5) is 4.39 Å². The number of aromatic nitrogens is 2. The van der Waals surface area contributed by atoms with Crippen LogP contribution in [0.5, 0.6) is 0 Å². The topological polar surface area (TPSA) is 73.1 Å². The second-order valence-corrected chi connectivity index (χ2v) is 10.3. The standard InChI is InChI=1S/C30H29ClFN3O3/c31-25-10-6-11-26(32)24(25)19-34-27-12-5-4-9-23(27)29(37)35(30(34)38)18-21-13-15-22(16-14-21)28(36)33-17-20-7-2-1-3-8-20/h1-12,21-22H,13-19H2,(H,33,36). The van der Waals surface area contributed by atoms with Crippen LogP contribution in [-0.4, -0.2) is 15.0 Å². The van der Waals surface area contributed by atoms with Crippen LogP contribution in [0.1, 0.15) is 36.8 Å². The predicted octanol–water partition coefficient (Wildman–Crippen LogP) is 5.13. The first kappa shape index (κ1) is 25.9. The van der Waals surface area contributed by atoms with E-state index in [1.165, 1.54) is 21.3 Å². The van der Waals surface area contributed by atoms with Crippen molar-refractivity contribution in [2.45, 2.75) is 45.3 Å². The van der Waals surface area contributed by atoms with E-state index in [2.05, 4.69) is 5.32 Å². The molecule has 1 aliphatic rings. The Morgan fingerprint density at radius 1 is 0.895 bits per heavy atom. The molecule has 1 saturated carbocycles. The summed E-state index contributed by atoms with van der Waals surface area (Å²) in [4.78, 5) is 39.6. The zero-order valence-corrected chi connectivity index (χ0v) is 21.7. The number of amides is 1. The molecule has 0 unspecified atom stereocenters. The van der Waals surface area contributed by atoms with Gasteiger partial charge in [0.05, 0.1) is 17.4 Å². The second kappa shape index (κ2) is 11.4. The number of hydrogen-bond donors (Lipinski definition) is 1. The van der Waals surface area contributed by atoms with Gasteiger partial charge in [0.1, 0.15) is 5.82 Å². The number of para-hydroxylation sites is 1. The SMILES string of the molecule is O=C(NCc1ccccc1)C1CCC(Cn2c(=O)c3ccccc3n(Cc3c(F)cccc3Cl)c2=O)CC1. The highest BCUT2D eigenvalue weighted by molar-refractivity contribution is 6.31. The summed E-state index contributed by atoms with van der Waals surface area (Å²) in [7, 11) is 0. The Morgan fingerprint density at radius 3 is 2.34 bits per heavy atom. The lowest BCUT2D eigenvalue weighted by molar-refractivity contribution is -0.126. The van der Waals surface area contributed by atoms with E-state index in [1.807, 2.05) is 30.3 Å². The molecule has 0 aliphatic heterocycles. The molecule has 1 heterocycles.